The van der Waals surface area contributed by atoms with Gasteiger partial charge in [-0.15, -0.1) is 0 Å². The third-order valence-corrected chi connectivity index (χ3v) is 1.89. The van der Waals surface area contributed by atoms with Gasteiger partial charge in [-0.25, -0.2) is 0 Å². The molecule has 0 aliphatic carbocycles. The van der Waals surface area contributed by atoms with Crippen LogP contribution in [0.25, 0.3) is 0 Å². The summed E-state index contributed by atoms with van der Waals surface area (Å²) >= 11 is 0. The Morgan fingerprint density at radius 3 is 3.25 bits per heavy atom. The van der Waals surface area contributed by atoms with Gasteiger partial charge in [0.2, 0.25) is 0 Å². The fourth-order valence-electron chi connectivity index (χ4n) is 1.26. The number of hydrogen-bond acceptors (Lipinski definition) is 3. The molecule has 2 rings (SSSR count). The van der Waals surface area contributed by atoms with E-state index in [2.05, 4.69) is 4.98 Å². The van der Waals surface area contributed by atoms with Gasteiger partial charge in [-0.1, -0.05) is 5.46 Å². The van der Waals surface area contributed by atoms with Crippen LogP contribution >= 0.6 is 0 Å². The molecule has 2 radical (unpaired) electrons. The van der Waals surface area contributed by atoms with Crippen molar-refractivity contribution < 1.29 is 9.84 Å². The molecule has 1 aliphatic heterocycles. The average Bonchev–Trinajstić information content (AvgIpc) is 2.27. The van der Waals surface area contributed by atoms with Crippen LogP contribution in [0.15, 0.2) is 12.3 Å². The number of aromatic nitrogens is 1. The maximum absolute atomic E-state index is 9.71. The zero-order chi connectivity index (χ0) is 8.77. The zero-order valence-electron chi connectivity index (χ0n) is 6.74. The Bertz CT molecular complexity index is 325. The minimum Gasteiger partial charge on any atom is -0.488 e. The average molecular weight is 161 g/mol. The summed E-state index contributed by atoms with van der Waals surface area (Å²) < 4.78 is 5.20. The van der Waals surface area contributed by atoms with Crippen LogP contribution in [-0.4, -0.2) is 24.5 Å². The summed E-state index contributed by atoms with van der Waals surface area (Å²) in [4.78, 5) is 4.01. The molecule has 0 saturated heterocycles. The van der Waals surface area contributed by atoms with E-state index in [1.807, 2.05) is 0 Å². The van der Waals surface area contributed by atoms with E-state index in [9.17, 15) is 5.11 Å². The molecule has 0 aromatic carbocycles. The van der Waals surface area contributed by atoms with Crippen molar-refractivity contribution in [3.8, 4) is 5.75 Å². The predicted octanol–water partition coefficient (Wildman–Crippen LogP) is -0.525. The number of hydrogen-bond donors (Lipinski definition) is 1. The second-order valence-electron chi connectivity index (χ2n) is 3.18. The van der Waals surface area contributed by atoms with E-state index in [0.29, 0.717) is 16.9 Å². The second-order valence-corrected chi connectivity index (χ2v) is 3.18. The summed E-state index contributed by atoms with van der Waals surface area (Å²) in [6.45, 7) is 1.92. The maximum atomic E-state index is 9.71. The molecule has 0 spiro atoms. The third kappa shape index (κ3) is 0.993. The van der Waals surface area contributed by atoms with E-state index in [-0.39, 0.29) is 6.61 Å². The highest BCUT2D eigenvalue weighted by molar-refractivity contribution is 6.32. The van der Waals surface area contributed by atoms with Crippen molar-refractivity contribution in [3.05, 3.63) is 18.0 Å². The molecule has 1 atom stereocenters. The van der Waals surface area contributed by atoms with E-state index in [0.717, 1.165) is 0 Å². The number of aliphatic hydroxyl groups is 1. The number of pyridine rings is 1. The van der Waals surface area contributed by atoms with Crippen molar-refractivity contribution in [2.45, 2.75) is 12.5 Å². The van der Waals surface area contributed by atoms with Crippen molar-refractivity contribution in [2.24, 2.45) is 0 Å². The third-order valence-electron chi connectivity index (χ3n) is 1.89. The summed E-state index contributed by atoms with van der Waals surface area (Å²) in [7, 11) is 5.50. The molecular weight excluding hydrogens is 153 g/mol. The van der Waals surface area contributed by atoms with Gasteiger partial charge in [-0.05, 0) is 13.0 Å². The van der Waals surface area contributed by atoms with Crippen LogP contribution in [0.1, 0.15) is 12.6 Å². The van der Waals surface area contributed by atoms with Gasteiger partial charge in [0.15, 0.2) is 0 Å². The van der Waals surface area contributed by atoms with Gasteiger partial charge in [0.1, 0.15) is 31.5 Å². The maximum Gasteiger partial charge on any atom is 0.143 e. The number of rotatable bonds is 0. The minimum atomic E-state index is -0.969. The highest BCUT2D eigenvalue weighted by Crippen LogP contribution is 2.33. The minimum absolute atomic E-state index is 0.249. The molecule has 0 saturated carbocycles. The lowest BCUT2D eigenvalue weighted by molar-refractivity contribution is 0.0321. The predicted molar refractivity (Wildman–Crippen MR) is 44.7 cm³/mol. The summed E-state index contributed by atoms with van der Waals surface area (Å²) in [6.07, 6.45) is 1.52. The van der Waals surface area contributed by atoms with Crippen molar-refractivity contribution in [1.82, 2.24) is 4.98 Å². The quantitative estimate of drug-likeness (QED) is 0.520. The number of fused-ring (bicyclic) bond motifs is 1. The molecule has 1 aromatic rings. The van der Waals surface area contributed by atoms with Crippen LogP contribution in [0.2, 0.25) is 0 Å². The van der Waals surface area contributed by atoms with Gasteiger partial charge in [0.05, 0.1) is 0 Å². The van der Waals surface area contributed by atoms with Crippen LogP contribution in [0.4, 0.5) is 0 Å². The van der Waals surface area contributed by atoms with Crippen LogP contribution < -0.4 is 10.2 Å². The Morgan fingerprint density at radius 2 is 2.50 bits per heavy atom. The van der Waals surface area contributed by atoms with E-state index >= 15 is 0 Å². The number of ether oxygens (including phenoxy) is 1. The fourth-order valence-corrected chi connectivity index (χ4v) is 1.26. The lowest BCUT2D eigenvalue weighted by Crippen LogP contribution is -2.23. The van der Waals surface area contributed by atoms with Gasteiger partial charge < -0.3 is 9.84 Å². The fraction of sp³-hybridized carbons (Fsp3) is 0.375. The van der Waals surface area contributed by atoms with Gasteiger partial charge in [0, 0.05) is 6.20 Å². The molecule has 3 nitrogen and oxygen atoms in total. The molecule has 4 heteroatoms. The summed E-state index contributed by atoms with van der Waals surface area (Å²) in [5, 5.41) is 9.71. The molecule has 2 heterocycles. The van der Waals surface area contributed by atoms with Gasteiger partial charge in [-0.3, -0.25) is 4.98 Å². The first-order valence-electron chi connectivity index (χ1n) is 3.71. The number of nitrogens with zero attached hydrogens (tertiary/aromatic N) is 1. The normalized spacial score (nSPS) is 26.5. The molecule has 1 aliphatic rings. The highest BCUT2D eigenvalue weighted by atomic mass is 16.5. The standard InChI is InChI=1S/C8H8BNO2/c1-8(11)4-12-6-2-5(9)3-10-7(6)8/h2-3,11H,4H2,1H3. The van der Waals surface area contributed by atoms with E-state index in [4.69, 9.17) is 12.6 Å². The van der Waals surface area contributed by atoms with Gasteiger partial charge in [-0.2, -0.15) is 0 Å². The van der Waals surface area contributed by atoms with E-state index in [1.165, 1.54) is 6.20 Å². The molecule has 0 bridgehead atoms. The van der Waals surface area contributed by atoms with Gasteiger partial charge >= 0.3 is 0 Å². The van der Waals surface area contributed by atoms with Crippen LogP contribution in [0.3, 0.4) is 0 Å². The van der Waals surface area contributed by atoms with Gasteiger partial charge in [0.25, 0.3) is 0 Å². The molecule has 12 heavy (non-hydrogen) atoms. The summed E-state index contributed by atoms with van der Waals surface area (Å²) in [6, 6.07) is 1.67. The molecule has 0 fully saturated rings. The highest BCUT2D eigenvalue weighted by Gasteiger charge is 2.35. The van der Waals surface area contributed by atoms with Crippen molar-refractivity contribution in [1.29, 1.82) is 0 Å². The Hall–Kier alpha value is -1.03. The Morgan fingerprint density at radius 1 is 1.75 bits per heavy atom. The van der Waals surface area contributed by atoms with Crippen molar-refractivity contribution >= 4 is 13.3 Å². The van der Waals surface area contributed by atoms with Crippen LogP contribution in [0, 0.1) is 0 Å². The molecule has 1 aromatic heterocycles. The topological polar surface area (TPSA) is 42.4 Å². The van der Waals surface area contributed by atoms with E-state index < -0.39 is 5.60 Å². The SMILES string of the molecule is [B]c1cnc2c(c1)OCC2(C)O. The summed E-state index contributed by atoms with van der Waals surface area (Å²) in [5.74, 6) is 0.583. The Balaban J connectivity index is 2.55. The lowest BCUT2D eigenvalue weighted by atomic mass is 9.96. The zero-order valence-corrected chi connectivity index (χ0v) is 6.74. The first kappa shape index (κ1) is 7.62. The molecule has 0 amide bonds. The largest absolute Gasteiger partial charge is 0.488 e. The van der Waals surface area contributed by atoms with E-state index in [1.54, 1.807) is 13.0 Å². The first-order chi connectivity index (χ1) is 5.59. The van der Waals surface area contributed by atoms with Crippen LogP contribution in [0.5, 0.6) is 5.75 Å². The molecule has 60 valence electrons. The first-order valence-corrected chi connectivity index (χ1v) is 3.71. The Kier molecular flexibility index (Phi) is 1.42. The smallest absolute Gasteiger partial charge is 0.143 e. The summed E-state index contributed by atoms with van der Waals surface area (Å²) in [5.41, 5.74) is 0.145. The second kappa shape index (κ2) is 2.23. The van der Waals surface area contributed by atoms with Crippen molar-refractivity contribution in [2.75, 3.05) is 6.61 Å². The molecular formula is C8H8BNO2. The lowest BCUT2D eigenvalue weighted by Gasteiger charge is -2.12. The molecule has 1 unspecified atom stereocenters. The van der Waals surface area contributed by atoms with Crippen molar-refractivity contribution in [3.63, 3.8) is 0 Å². The monoisotopic (exact) mass is 161 g/mol. The Labute approximate surface area is 71.8 Å². The van der Waals surface area contributed by atoms with Crippen LogP contribution in [-0.2, 0) is 5.60 Å². The molecule has 1 N–H and O–H groups in total.